The maximum Gasteiger partial charge on any atom is 0.129 e. The van der Waals surface area contributed by atoms with Crippen molar-refractivity contribution in [2.45, 2.75) is 51.4 Å². The quantitative estimate of drug-likeness (QED) is 0.665. The molecule has 0 radical (unpaired) electrons. The van der Waals surface area contributed by atoms with E-state index in [1.165, 1.54) is 5.56 Å². The molecule has 140 valence electrons. The average Bonchev–Trinajstić information content (AvgIpc) is 2.97. The predicted octanol–water partition coefficient (Wildman–Crippen LogP) is 5.83. The number of benzene rings is 2. The second-order valence-electron chi connectivity index (χ2n) is 8.35. The Hall–Kier alpha value is -1.74. The average molecular weight is 357 g/mol. The summed E-state index contributed by atoms with van der Waals surface area (Å²) in [6, 6.07) is 11.7. The molecule has 2 aromatic rings. The zero-order valence-corrected chi connectivity index (χ0v) is 16.4. The fraction of sp³-hybridized carbons (Fsp3) is 0.478. The Kier molecular flexibility index (Phi) is 5.21. The Morgan fingerprint density at radius 1 is 0.885 bits per heavy atom. The van der Waals surface area contributed by atoms with Gasteiger partial charge in [0.05, 0.1) is 0 Å². The minimum absolute atomic E-state index is 0.170. The molecule has 0 bridgehead atoms. The van der Waals surface area contributed by atoms with Crippen molar-refractivity contribution in [3.8, 4) is 0 Å². The second-order valence-corrected chi connectivity index (χ2v) is 8.35. The molecular formula is C23H29F2N. The molecule has 0 aliphatic carbocycles. The number of hydrogen-bond acceptors (Lipinski definition) is 1. The summed E-state index contributed by atoms with van der Waals surface area (Å²) in [6.07, 6.45) is 0.866. The third-order valence-electron chi connectivity index (χ3n) is 5.80. The summed E-state index contributed by atoms with van der Waals surface area (Å²) in [5, 5.41) is 0. The number of halogens is 2. The first-order valence-corrected chi connectivity index (χ1v) is 9.53. The van der Waals surface area contributed by atoms with Crippen LogP contribution in [-0.2, 0) is 5.41 Å². The van der Waals surface area contributed by atoms with Gasteiger partial charge in [0.15, 0.2) is 0 Å². The van der Waals surface area contributed by atoms with E-state index in [9.17, 15) is 8.78 Å². The summed E-state index contributed by atoms with van der Waals surface area (Å²) in [5.74, 6) is -0.562. The van der Waals surface area contributed by atoms with E-state index >= 15 is 0 Å². The minimum Gasteiger partial charge on any atom is -0.305 e. The van der Waals surface area contributed by atoms with Gasteiger partial charge in [0.1, 0.15) is 11.6 Å². The Bertz CT molecular complexity index is 756. The van der Waals surface area contributed by atoms with Crippen LogP contribution in [0.2, 0.25) is 0 Å². The summed E-state index contributed by atoms with van der Waals surface area (Å²) >= 11 is 0. The van der Waals surface area contributed by atoms with Crippen LogP contribution in [0.1, 0.15) is 68.2 Å². The zero-order valence-electron chi connectivity index (χ0n) is 16.4. The fourth-order valence-corrected chi connectivity index (χ4v) is 4.24. The molecule has 1 heterocycles. The highest BCUT2D eigenvalue weighted by molar-refractivity contribution is 5.44. The van der Waals surface area contributed by atoms with Gasteiger partial charge in [-0.25, -0.2) is 8.78 Å². The highest BCUT2D eigenvalue weighted by Crippen LogP contribution is 2.42. The Labute approximate surface area is 156 Å². The smallest absolute Gasteiger partial charge is 0.129 e. The second kappa shape index (κ2) is 7.11. The molecule has 0 spiro atoms. The van der Waals surface area contributed by atoms with Gasteiger partial charge in [-0.15, -0.1) is 0 Å². The van der Waals surface area contributed by atoms with Crippen LogP contribution in [-0.4, -0.2) is 25.0 Å². The Balaban J connectivity index is 2.12. The molecule has 1 nitrogen and oxygen atoms in total. The van der Waals surface area contributed by atoms with Crippen LogP contribution >= 0.6 is 0 Å². The first-order valence-electron chi connectivity index (χ1n) is 9.53. The normalized spacial score (nSPS) is 21.1. The lowest BCUT2D eigenvalue weighted by atomic mass is 9.73. The molecule has 26 heavy (non-hydrogen) atoms. The fourth-order valence-electron chi connectivity index (χ4n) is 4.24. The minimum atomic E-state index is -0.428. The molecular weight excluding hydrogens is 328 g/mol. The van der Waals surface area contributed by atoms with Crippen LogP contribution in [0.15, 0.2) is 36.4 Å². The van der Waals surface area contributed by atoms with Crippen LogP contribution in [0.5, 0.6) is 0 Å². The lowest BCUT2D eigenvalue weighted by Gasteiger charge is -2.31. The highest BCUT2D eigenvalue weighted by Gasteiger charge is 2.41. The van der Waals surface area contributed by atoms with Crippen LogP contribution in [0.4, 0.5) is 8.78 Å². The molecule has 1 unspecified atom stereocenters. The van der Waals surface area contributed by atoms with Crippen molar-refractivity contribution in [3.05, 3.63) is 70.3 Å². The molecule has 1 aliphatic rings. The van der Waals surface area contributed by atoms with E-state index in [0.29, 0.717) is 5.92 Å². The van der Waals surface area contributed by atoms with Gasteiger partial charge in [-0.05, 0) is 60.7 Å². The van der Waals surface area contributed by atoms with Gasteiger partial charge in [0.25, 0.3) is 0 Å². The lowest BCUT2D eigenvalue weighted by Crippen LogP contribution is -2.31. The SMILES string of the molecule is CC(C)c1ccc(C2(c3cc(F)c(C(C)C)c(F)c3)CCN(C)C2)cc1. The van der Waals surface area contributed by atoms with Crippen molar-refractivity contribution in [2.75, 3.05) is 20.1 Å². The number of rotatable bonds is 4. The standard InChI is InChI=1S/C23H29F2N/c1-15(2)17-6-8-18(9-7-17)23(10-11-26(5)14-23)19-12-20(24)22(16(3)4)21(25)13-19/h6-9,12-13,15-16H,10-11,14H2,1-5H3. The van der Waals surface area contributed by atoms with Crippen molar-refractivity contribution >= 4 is 0 Å². The van der Waals surface area contributed by atoms with Crippen molar-refractivity contribution in [1.29, 1.82) is 0 Å². The van der Waals surface area contributed by atoms with E-state index in [-0.39, 0.29) is 16.9 Å². The van der Waals surface area contributed by atoms with Crippen LogP contribution in [0.25, 0.3) is 0 Å². The summed E-state index contributed by atoms with van der Waals surface area (Å²) in [5.41, 5.74) is 3.00. The van der Waals surface area contributed by atoms with Crippen LogP contribution in [0.3, 0.4) is 0 Å². The molecule has 1 aliphatic heterocycles. The number of nitrogens with zero attached hydrogens (tertiary/aromatic N) is 1. The maximum atomic E-state index is 14.7. The van der Waals surface area contributed by atoms with Crippen LogP contribution < -0.4 is 0 Å². The predicted molar refractivity (Wildman–Crippen MR) is 104 cm³/mol. The number of likely N-dealkylation sites (N-methyl/N-ethyl adjacent to an activating group) is 1. The van der Waals surface area contributed by atoms with Crippen molar-refractivity contribution in [2.24, 2.45) is 0 Å². The number of likely N-dealkylation sites (tertiary alicyclic amines) is 1. The van der Waals surface area contributed by atoms with Gasteiger partial charge in [0.2, 0.25) is 0 Å². The highest BCUT2D eigenvalue weighted by atomic mass is 19.1. The first-order chi connectivity index (χ1) is 12.2. The van der Waals surface area contributed by atoms with Crippen molar-refractivity contribution < 1.29 is 8.78 Å². The third-order valence-corrected chi connectivity index (χ3v) is 5.80. The zero-order chi connectivity index (χ0) is 19.1. The van der Waals surface area contributed by atoms with Gasteiger partial charge >= 0.3 is 0 Å². The van der Waals surface area contributed by atoms with E-state index in [1.54, 1.807) is 12.1 Å². The van der Waals surface area contributed by atoms with Gasteiger partial charge < -0.3 is 4.90 Å². The van der Waals surface area contributed by atoms with Crippen LogP contribution in [0, 0.1) is 11.6 Å². The molecule has 0 N–H and O–H groups in total. The monoisotopic (exact) mass is 357 g/mol. The Morgan fingerprint density at radius 2 is 1.46 bits per heavy atom. The first kappa shape index (κ1) is 19.0. The molecule has 1 atom stereocenters. The topological polar surface area (TPSA) is 3.24 Å². The van der Waals surface area contributed by atoms with Gasteiger partial charge in [-0.1, -0.05) is 52.0 Å². The van der Waals surface area contributed by atoms with E-state index in [4.69, 9.17) is 0 Å². The van der Waals surface area contributed by atoms with Gasteiger partial charge in [-0.3, -0.25) is 0 Å². The van der Waals surface area contributed by atoms with E-state index in [1.807, 2.05) is 13.8 Å². The van der Waals surface area contributed by atoms with Crippen molar-refractivity contribution in [3.63, 3.8) is 0 Å². The number of hydrogen-bond donors (Lipinski definition) is 0. The summed E-state index contributed by atoms with van der Waals surface area (Å²) in [4.78, 5) is 2.24. The molecule has 3 heteroatoms. The summed E-state index contributed by atoms with van der Waals surface area (Å²) < 4.78 is 29.4. The summed E-state index contributed by atoms with van der Waals surface area (Å²) in [6.45, 7) is 9.68. The third kappa shape index (κ3) is 3.29. The molecule has 0 saturated carbocycles. The Morgan fingerprint density at radius 3 is 1.88 bits per heavy atom. The van der Waals surface area contributed by atoms with Gasteiger partial charge in [-0.2, -0.15) is 0 Å². The van der Waals surface area contributed by atoms with E-state index < -0.39 is 11.6 Å². The molecule has 0 aromatic heterocycles. The molecule has 2 aromatic carbocycles. The van der Waals surface area contributed by atoms with Gasteiger partial charge in [0, 0.05) is 17.5 Å². The molecule has 1 fully saturated rings. The maximum absolute atomic E-state index is 14.7. The molecule has 1 saturated heterocycles. The molecule has 3 rings (SSSR count). The largest absolute Gasteiger partial charge is 0.305 e. The summed E-state index contributed by atoms with van der Waals surface area (Å²) in [7, 11) is 2.07. The van der Waals surface area contributed by atoms with E-state index in [0.717, 1.165) is 30.6 Å². The lowest BCUT2D eigenvalue weighted by molar-refractivity contribution is 0.390. The van der Waals surface area contributed by atoms with Crippen molar-refractivity contribution in [1.82, 2.24) is 4.90 Å². The van der Waals surface area contributed by atoms with E-state index in [2.05, 4.69) is 50.1 Å². The molecule has 0 amide bonds.